The van der Waals surface area contributed by atoms with Gasteiger partial charge in [-0.15, -0.1) is 0 Å². The van der Waals surface area contributed by atoms with Crippen LogP contribution >= 0.6 is 12.2 Å². The van der Waals surface area contributed by atoms with Crippen molar-refractivity contribution < 1.29 is 8.78 Å². The van der Waals surface area contributed by atoms with Crippen molar-refractivity contribution in [1.82, 2.24) is 9.55 Å². The van der Waals surface area contributed by atoms with Crippen molar-refractivity contribution in [3.63, 3.8) is 0 Å². The van der Waals surface area contributed by atoms with Crippen LogP contribution in [0.15, 0.2) is 12.1 Å². The minimum absolute atomic E-state index is 0.172. The Kier molecular flexibility index (Phi) is 3.63. The predicted molar refractivity (Wildman–Crippen MR) is 78.3 cm³/mol. The maximum Gasteiger partial charge on any atom is 0.184 e. The van der Waals surface area contributed by atoms with Gasteiger partial charge in [-0.2, -0.15) is 0 Å². The fraction of sp³-hybridized carbons (Fsp3) is 0.533. The summed E-state index contributed by atoms with van der Waals surface area (Å²) in [5.74, 6) is -1.13. The third kappa shape index (κ3) is 2.08. The van der Waals surface area contributed by atoms with Gasteiger partial charge >= 0.3 is 0 Å². The Bertz CT molecular complexity index is 689. The van der Waals surface area contributed by atoms with Crippen molar-refractivity contribution in [3.05, 3.63) is 28.5 Å². The molecule has 3 rings (SSSR count). The number of halogens is 2. The molecule has 2 nitrogen and oxygen atoms in total. The maximum atomic E-state index is 14.2. The second kappa shape index (κ2) is 5.28. The molecule has 0 amide bonds. The van der Waals surface area contributed by atoms with E-state index in [0.717, 1.165) is 31.7 Å². The molecule has 0 aliphatic heterocycles. The zero-order valence-corrected chi connectivity index (χ0v) is 12.3. The Hall–Kier alpha value is -1.23. The summed E-state index contributed by atoms with van der Waals surface area (Å²) in [7, 11) is 0. The van der Waals surface area contributed by atoms with Crippen molar-refractivity contribution >= 4 is 23.3 Å². The van der Waals surface area contributed by atoms with Crippen molar-refractivity contribution in [1.29, 1.82) is 0 Å². The van der Waals surface area contributed by atoms with Crippen molar-refractivity contribution in [2.45, 2.75) is 45.1 Å². The van der Waals surface area contributed by atoms with Crippen molar-refractivity contribution in [2.75, 3.05) is 0 Å². The second-order valence-corrected chi connectivity index (χ2v) is 5.96. The molecule has 1 heterocycles. The van der Waals surface area contributed by atoms with E-state index in [4.69, 9.17) is 12.2 Å². The first kappa shape index (κ1) is 13.7. The van der Waals surface area contributed by atoms with Crippen LogP contribution < -0.4 is 0 Å². The van der Waals surface area contributed by atoms with E-state index in [1.165, 1.54) is 6.42 Å². The first-order chi connectivity index (χ1) is 9.63. The average molecular weight is 296 g/mol. The van der Waals surface area contributed by atoms with Gasteiger partial charge in [0.15, 0.2) is 16.4 Å². The second-order valence-electron chi connectivity index (χ2n) is 5.58. The van der Waals surface area contributed by atoms with Gasteiger partial charge in [-0.3, -0.25) is 0 Å². The molecule has 0 saturated heterocycles. The van der Waals surface area contributed by atoms with Crippen molar-refractivity contribution in [2.24, 2.45) is 5.92 Å². The van der Waals surface area contributed by atoms with E-state index in [0.29, 0.717) is 21.7 Å². The SMILES string of the molecule is CCC1CCCCC1n1c(=S)[nH]c2ccc(F)c(F)c21. The number of nitrogens with one attached hydrogen (secondary N) is 1. The van der Waals surface area contributed by atoms with Crippen LogP contribution in [0.3, 0.4) is 0 Å². The monoisotopic (exact) mass is 296 g/mol. The van der Waals surface area contributed by atoms with Crippen LogP contribution in [-0.2, 0) is 0 Å². The van der Waals surface area contributed by atoms with E-state index < -0.39 is 11.6 Å². The largest absolute Gasteiger partial charge is 0.330 e. The molecule has 1 fully saturated rings. The highest BCUT2D eigenvalue weighted by atomic mass is 32.1. The van der Waals surface area contributed by atoms with Gasteiger partial charge in [0.1, 0.15) is 5.52 Å². The molecule has 1 aliphatic rings. The van der Waals surface area contributed by atoms with E-state index in [2.05, 4.69) is 11.9 Å². The zero-order chi connectivity index (χ0) is 14.3. The topological polar surface area (TPSA) is 20.7 Å². The number of nitrogens with zero attached hydrogens (tertiary/aromatic N) is 1. The molecular formula is C15H18F2N2S. The standard InChI is InChI=1S/C15H18F2N2S/c1-2-9-5-3-4-6-12(9)19-14-11(18-15(19)20)8-7-10(16)13(14)17/h7-9,12H,2-6H2,1H3,(H,18,20). The van der Waals surface area contributed by atoms with E-state index in [1.54, 1.807) is 6.07 Å². The summed E-state index contributed by atoms with van der Waals surface area (Å²) in [6.45, 7) is 2.15. The third-order valence-electron chi connectivity index (χ3n) is 4.50. The molecule has 108 valence electrons. The Labute approximate surface area is 121 Å². The number of imidazole rings is 1. The van der Waals surface area contributed by atoms with Crippen LogP contribution in [-0.4, -0.2) is 9.55 Å². The maximum absolute atomic E-state index is 14.2. The Morgan fingerprint density at radius 1 is 1.30 bits per heavy atom. The van der Waals surface area contributed by atoms with Gasteiger partial charge in [0.2, 0.25) is 0 Å². The van der Waals surface area contributed by atoms with E-state index in [-0.39, 0.29) is 6.04 Å². The molecule has 2 aromatic rings. The summed E-state index contributed by atoms with van der Waals surface area (Å²) in [5.41, 5.74) is 0.870. The van der Waals surface area contributed by atoms with Crippen LogP contribution in [0.4, 0.5) is 8.78 Å². The van der Waals surface area contributed by atoms with Gasteiger partial charge in [-0.05, 0) is 43.1 Å². The predicted octanol–water partition coefficient (Wildman–Crippen LogP) is 5.12. The number of aromatic amines is 1. The van der Waals surface area contributed by atoms with Gasteiger partial charge in [-0.1, -0.05) is 26.2 Å². The van der Waals surface area contributed by atoms with Crippen LogP contribution in [0.25, 0.3) is 11.0 Å². The van der Waals surface area contributed by atoms with E-state index in [9.17, 15) is 8.78 Å². The molecule has 1 aromatic carbocycles. The average Bonchev–Trinajstić information content (AvgIpc) is 2.80. The van der Waals surface area contributed by atoms with Gasteiger partial charge < -0.3 is 9.55 Å². The highest BCUT2D eigenvalue weighted by Gasteiger charge is 2.28. The molecule has 0 radical (unpaired) electrons. The first-order valence-electron chi connectivity index (χ1n) is 7.21. The number of H-pyrrole nitrogens is 1. The lowest BCUT2D eigenvalue weighted by molar-refractivity contribution is 0.234. The lowest BCUT2D eigenvalue weighted by atomic mass is 9.82. The molecule has 1 aliphatic carbocycles. The number of hydrogen-bond donors (Lipinski definition) is 1. The minimum atomic E-state index is -0.816. The van der Waals surface area contributed by atoms with Crippen LogP contribution in [0.1, 0.15) is 45.1 Å². The number of aromatic nitrogens is 2. The van der Waals surface area contributed by atoms with Crippen LogP contribution in [0.2, 0.25) is 0 Å². The summed E-state index contributed by atoms with van der Waals surface area (Å²) in [4.78, 5) is 3.01. The van der Waals surface area contributed by atoms with Crippen LogP contribution in [0.5, 0.6) is 0 Å². The fourth-order valence-corrected chi connectivity index (χ4v) is 3.81. The Morgan fingerprint density at radius 2 is 2.05 bits per heavy atom. The summed E-state index contributed by atoms with van der Waals surface area (Å²) >= 11 is 5.36. The van der Waals surface area contributed by atoms with Gasteiger partial charge in [0.05, 0.1) is 5.52 Å². The molecule has 1 N–H and O–H groups in total. The summed E-state index contributed by atoms with van der Waals surface area (Å²) in [6, 6.07) is 2.88. The van der Waals surface area contributed by atoms with Gasteiger partial charge in [0, 0.05) is 6.04 Å². The normalized spacial score (nSPS) is 23.4. The van der Waals surface area contributed by atoms with E-state index in [1.807, 2.05) is 4.57 Å². The third-order valence-corrected chi connectivity index (χ3v) is 4.79. The van der Waals surface area contributed by atoms with Gasteiger partial charge in [-0.25, -0.2) is 8.78 Å². The molecule has 20 heavy (non-hydrogen) atoms. The fourth-order valence-electron chi connectivity index (χ4n) is 3.47. The molecule has 0 bridgehead atoms. The molecule has 1 saturated carbocycles. The lowest BCUT2D eigenvalue weighted by Crippen LogP contribution is -2.23. The minimum Gasteiger partial charge on any atom is -0.330 e. The molecule has 1 aromatic heterocycles. The number of hydrogen-bond acceptors (Lipinski definition) is 1. The van der Waals surface area contributed by atoms with Gasteiger partial charge in [0.25, 0.3) is 0 Å². The van der Waals surface area contributed by atoms with Crippen molar-refractivity contribution in [3.8, 4) is 0 Å². The number of benzene rings is 1. The highest BCUT2D eigenvalue weighted by molar-refractivity contribution is 7.71. The molecule has 2 atom stereocenters. The highest BCUT2D eigenvalue weighted by Crippen LogP contribution is 2.38. The smallest absolute Gasteiger partial charge is 0.184 e. The van der Waals surface area contributed by atoms with Crippen LogP contribution in [0, 0.1) is 22.3 Å². The summed E-state index contributed by atoms with van der Waals surface area (Å²) in [6.07, 6.45) is 5.48. The summed E-state index contributed by atoms with van der Waals surface area (Å²) < 4.78 is 30.1. The summed E-state index contributed by atoms with van der Waals surface area (Å²) in [5, 5.41) is 0. The first-order valence-corrected chi connectivity index (χ1v) is 7.62. The van der Waals surface area contributed by atoms with E-state index >= 15 is 0 Å². The zero-order valence-electron chi connectivity index (χ0n) is 11.5. The molecule has 0 spiro atoms. The quantitative estimate of drug-likeness (QED) is 0.763. The Balaban J connectivity index is 2.22. The number of rotatable bonds is 2. The Morgan fingerprint density at radius 3 is 2.80 bits per heavy atom. The lowest BCUT2D eigenvalue weighted by Gasteiger charge is -2.32. The molecule has 5 heteroatoms. The number of fused-ring (bicyclic) bond motifs is 1. The molecule has 2 unspecified atom stereocenters. The molecular weight excluding hydrogens is 278 g/mol.